The summed E-state index contributed by atoms with van der Waals surface area (Å²) in [5.74, 6) is 1.16. The number of ether oxygens (including phenoxy) is 3. The van der Waals surface area contributed by atoms with Gasteiger partial charge in [0, 0.05) is 36.0 Å². The lowest BCUT2D eigenvalue weighted by atomic mass is 10.2. The number of rotatable bonds is 6. The van der Waals surface area contributed by atoms with Crippen molar-refractivity contribution in [3.63, 3.8) is 0 Å². The van der Waals surface area contributed by atoms with Crippen molar-refractivity contribution in [1.82, 2.24) is 0 Å². The molecule has 126 valence electrons. The Morgan fingerprint density at radius 2 is 1.71 bits per heavy atom. The average Bonchev–Trinajstić information content (AvgIpc) is 2.59. The quantitative estimate of drug-likeness (QED) is 0.495. The normalized spacial score (nSPS) is 10.6. The maximum Gasteiger partial charge on any atom is 0.270 e. The second kappa shape index (κ2) is 7.32. The van der Waals surface area contributed by atoms with Gasteiger partial charge < -0.3 is 19.3 Å². The van der Waals surface area contributed by atoms with Gasteiger partial charge in [-0.25, -0.2) is 0 Å². The van der Waals surface area contributed by atoms with Crippen molar-refractivity contribution in [3.8, 4) is 23.0 Å². The van der Waals surface area contributed by atoms with Crippen LogP contribution in [0.2, 0.25) is 0 Å². The van der Waals surface area contributed by atoms with Crippen molar-refractivity contribution >= 4 is 17.6 Å². The molecule has 0 amide bonds. The van der Waals surface area contributed by atoms with Gasteiger partial charge in [-0.3, -0.25) is 15.1 Å². The van der Waals surface area contributed by atoms with Gasteiger partial charge >= 0.3 is 0 Å². The summed E-state index contributed by atoms with van der Waals surface area (Å²) in [6.07, 6.45) is 1.32. The number of non-ortho nitro benzene ring substituents is 1. The zero-order valence-corrected chi connectivity index (χ0v) is 13.3. The molecule has 8 nitrogen and oxygen atoms in total. The van der Waals surface area contributed by atoms with E-state index in [9.17, 15) is 15.2 Å². The van der Waals surface area contributed by atoms with E-state index in [0.717, 1.165) is 0 Å². The Labute approximate surface area is 138 Å². The first-order valence-corrected chi connectivity index (χ1v) is 6.81. The molecular formula is C16H16N2O6. The number of phenols is 1. The topological polar surface area (TPSA) is 103 Å². The van der Waals surface area contributed by atoms with Crippen molar-refractivity contribution in [3.05, 3.63) is 46.0 Å². The Morgan fingerprint density at radius 3 is 2.21 bits per heavy atom. The number of hydrogen-bond acceptors (Lipinski definition) is 7. The minimum absolute atomic E-state index is 0.114. The zero-order valence-electron chi connectivity index (χ0n) is 13.3. The molecule has 0 saturated heterocycles. The molecule has 0 bridgehead atoms. The molecule has 0 saturated carbocycles. The van der Waals surface area contributed by atoms with Crippen LogP contribution in [-0.4, -0.2) is 37.6 Å². The van der Waals surface area contributed by atoms with Crippen LogP contribution in [0.15, 0.2) is 35.3 Å². The highest BCUT2D eigenvalue weighted by Crippen LogP contribution is 2.40. The number of phenolic OH excluding ortho intramolecular Hbond substituents is 1. The number of nitro groups is 1. The van der Waals surface area contributed by atoms with Crippen LogP contribution in [0.4, 0.5) is 11.4 Å². The van der Waals surface area contributed by atoms with Crippen LogP contribution in [0, 0.1) is 10.1 Å². The molecule has 0 radical (unpaired) electrons. The third-order valence-corrected chi connectivity index (χ3v) is 3.22. The van der Waals surface area contributed by atoms with Gasteiger partial charge in [-0.1, -0.05) is 0 Å². The maximum atomic E-state index is 10.8. The van der Waals surface area contributed by atoms with Crippen molar-refractivity contribution < 1.29 is 24.2 Å². The molecule has 0 fully saturated rings. The second-order valence-electron chi connectivity index (χ2n) is 4.64. The van der Waals surface area contributed by atoms with E-state index in [0.29, 0.717) is 22.9 Å². The second-order valence-corrected chi connectivity index (χ2v) is 4.64. The Bertz CT molecular complexity index is 763. The summed E-state index contributed by atoms with van der Waals surface area (Å²) in [6, 6.07) is 6.93. The van der Waals surface area contributed by atoms with E-state index in [-0.39, 0.29) is 17.0 Å². The number of aromatic hydroxyl groups is 1. The summed E-state index contributed by atoms with van der Waals surface area (Å²) in [6.45, 7) is 0. The van der Waals surface area contributed by atoms with Crippen LogP contribution in [-0.2, 0) is 0 Å². The molecule has 0 spiro atoms. The number of nitrogens with zero attached hydrogens (tertiary/aromatic N) is 2. The molecular weight excluding hydrogens is 316 g/mol. The van der Waals surface area contributed by atoms with E-state index in [1.807, 2.05) is 0 Å². The highest BCUT2D eigenvalue weighted by Gasteiger charge is 2.13. The van der Waals surface area contributed by atoms with Crippen molar-refractivity contribution in [2.45, 2.75) is 0 Å². The van der Waals surface area contributed by atoms with E-state index < -0.39 is 4.92 Å². The molecule has 0 aliphatic heterocycles. The third-order valence-electron chi connectivity index (χ3n) is 3.22. The number of aliphatic imine (C=N–C) groups is 1. The Balaban J connectivity index is 2.42. The Hall–Kier alpha value is -3.29. The molecule has 0 heterocycles. The molecule has 0 aliphatic rings. The molecule has 2 aromatic carbocycles. The fourth-order valence-electron chi connectivity index (χ4n) is 2.04. The molecule has 2 aromatic rings. The predicted molar refractivity (Wildman–Crippen MR) is 88.1 cm³/mol. The highest BCUT2D eigenvalue weighted by molar-refractivity contribution is 5.86. The van der Waals surface area contributed by atoms with Crippen LogP contribution in [0.5, 0.6) is 23.0 Å². The fourth-order valence-corrected chi connectivity index (χ4v) is 2.04. The number of hydrogen-bond donors (Lipinski definition) is 1. The number of nitro benzene ring substituents is 1. The van der Waals surface area contributed by atoms with Crippen LogP contribution in [0.3, 0.4) is 0 Å². The average molecular weight is 332 g/mol. The summed E-state index contributed by atoms with van der Waals surface area (Å²) in [7, 11) is 4.46. The summed E-state index contributed by atoms with van der Waals surface area (Å²) in [5.41, 5.74) is 0.549. The van der Waals surface area contributed by atoms with Gasteiger partial charge in [-0.15, -0.1) is 0 Å². The molecule has 0 unspecified atom stereocenters. The van der Waals surface area contributed by atoms with Gasteiger partial charge in [0.1, 0.15) is 5.75 Å². The van der Waals surface area contributed by atoms with E-state index in [2.05, 4.69) is 4.99 Å². The number of benzene rings is 2. The highest BCUT2D eigenvalue weighted by atomic mass is 16.6. The molecule has 2 rings (SSSR count). The predicted octanol–water partition coefficient (Wildman–Crippen LogP) is 3.08. The molecule has 0 aliphatic carbocycles. The molecule has 1 N–H and O–H groups in total. The standard InChI is InChI=1S/C16H16N2O6/c1-22-14-7-11(8-15(23-2)16(14)24-3)17-9-10-6-12(18(20)21)4-5-13(10)19/h4-9,19H,1-3H3. The van der Waals surface area contributed by atoms with Crippen LogP contribution in [0.25, 0.3) is 0 Å². The van der Waals surface area contributed by atoms with Gasteiger partial charge in [0.2, 0.25) is 5.75 Å². The van der Waals surface area contributed by atoms with Gasteiger partial charge in [0.05, 0.1) is 31.9 Å². The first-order chi connectivity index (χ1) is 11.5. The van der Waals surface area contributed by atoms with Crippen molar-refractivity contribution in [2.24, 2.45) is 4.99 Å². The van der Waals surface area contributed by atoms with Gasteiger partial charge in [0.25, 0.3) is 5.69 Å². The lowest BCUT2D eigenvalue weighted by Crippen LogP contribution is -1.94. The maximum absolute atomic E-state index is 10.8. The summed E-state index contributed by atoms with van der Waals surface area (Å²) in [4.78, 5) is 14.5. The third kappa shape index (κ3) is 3.54. The largest absolute Gasteiger partial charge is 0.507 e. The van der Waals surface area contributed by atoms with Gasteiger partial charge in [-0.05, 0) is 6.07 Å². The van der Waals surface area contributed by atoms with Crippen LogP contribution < -0.4 is 14.2 Å². The Morgan fingerprint density at radius 1 is 1.08 bits per heavy atom. The van der Waals surface area contributed by atoms with E-state index in [1.165, 1.54) is 45.7 Å². The molecule has 0 aromatic heterocycles. The monoisotopic (exact) mass is 332 g/mol. The van der Waals surface area contributed by atoms with Gasteiger partial charge in [0.15, 0.2) is 11.5 Å². The van der Waals surface area contributed by atoms with Crippen molar-refractivity contribution in [1.29, 1.82) is 0 Å². The summed E-state index contributed by atoms with van der Waals surface area (Å²) < 4.78 is 15.7. The van der Waals surface area contributed by atoms with Crippen LogP contribution >= 0.6 is 0 Å². The first-order valence-electron chi connectivity index (χ1n) is 6.81. The molecule has 24 heavy (non-hydrogen) atoms. The minimum atomic E-state index is -0.545. The van der Waals surface area contributed by atoms with Crippen LogP contribution in [0.1, 0.15) is 5.56 Å². The van der Waals surface area contributed by atoms with Crippen molar-refractivity contribution in [2.75, 3.05) is 21.3 Å². The molecule has 0 atom stereocenters. The summed E-state index contributed by atoms with van der Waals surface area (Å²) >= 11 is 0. The zero-order chi connectivity index (χ0) is 17.7. The van der Waals surface area contributed by atoms with E-state index in [4.69, 9.17) is 14.2 Å². The fraction of sp³-hybridized carbons (Fsp3) is 0.188. The number of methoxy groups -OCH3 is 3. The summed E-state index contributed by atoms with van der Waals surface area (Å²) in [5, 5.41) is 20.6. The van der Waals surface area contributed by atoms with E-state index in [1.54, 1.807) is 12.1 Å². The molecule has 8 heteroatoms. The Kier molecular flexibility index (Phi) is 5.20. The van der Waals surface area contributed by atoms with Gasteiger partial charge in [-0.2, -0.15) is 0 Å². The smallest absolute Gasteiger partial charge is 0.270 e. The minimum Gasteiger partial charge on any atom is -0.507 e. The first kappa shape index (κ1) is 17.1. The lowest BCUT2D eigenvalue weighted by molar-refractivity contribution is -0.384. The van der Waals surface area contributed by atoms with E-state index >= 15 is 0 Å². The lowest BCUT2D eigenvalue weighted by Gasteiger charge is -2.12. The SMILES string of the molecule is COc1cc(N=Cc2cc([N+](=O)[O-])ccc2O)cc(OC)c1OC.